The van der Waals surface area contributed by atoms with E-state index in [1.54, 1.807) is 0 Å². The second-order valence-corrected chi connectivity index (χ2v) is 4.69. The normalized spacial score (nSPS) is 19.9. The molecule has 1 aliphatic heterocycles. The van der Waals surface area contributed by atoms with Crippen LogP contribution in [-0.4, -0.2) is 13.4 Å². The third-order valence-corrected chi connectivity index (χ3v) is 3.53. The van der Waals surface area contributed by atoms with Gasteiger partial charge in [-0.25, -0.2) is 5.90 Å². The molecule has 0 bridgehead atoms. The summed E-state index contributed by atoms with van der Waals surface area (Å²) in [5, 5.41) is 0.591. The van der Waals surface area contributed by atoms with Crippen LogP contribution in [0.1, 0.15) is 18.4 Å². The molecule has 4 nitrogen and oxygen atoms in total. The summed E-state index contributed by atoms with van der Waals surface area (Å²) in [6.07, 6.45) is 2.14. The second kappa shape index (κ2) is 3.52. The van der Waals surface area contributed by atoms with Gasteiger partial charge in [-0.1, -0.05) is 11.6 Å². The smallest absolute Gasteiger partial charge is 0.231 e. The molecule has 0 amide bonds. The minimum atomic E-state index is 0.0272. The fourth-order valence-corrected chi connectivity index (χ4v) is 2.37. The lowest BCUT2D eigenvalue weighted by Crippen LogP contribution is -2.18. The summed E-state index contributed by atoms with van der Waals surface area (Å²) in [5.74, 6) is 6.50. The SMILES string of the molecule is NOCC1(c2cc(Cl)c3c(c2)OCO3)CC1. The van der Waals surface area contributed by atoms with Gasteiger partial charge in [-0.15, -0.1) is 0 Å². The van der Waals surface area contributed by atoms with E-state index in [0.29, 0.717) is 23.1 Å². The van der Waals surface area contributed by atoms with Gasteiger partial charge in [-0.2, -0.15) is 0 Å². The number of ether oxygens (including phenoxy) is 2. The van der Waals surface area contributed by atoms with Crippen molar-refractivity contribution in [2.75, 3.05) is 13.4 Å². The van der Waals surface area contributed by atoms with Crippen LogP contribution in [0.15, 0.2) is 12.1 Å². The summed E-state index contributed by atoms with van der Waals surface area (Å²) in [5.41, 5.74) is 1.14. The monoisotopic (exact) mass is 241 g/mol. The number of halogens is 1. The molecule has 0 unspecified atom stereocenters. The molecule has 0 aromatic heterocycles. The summed E-state index contributed by atoms with van der Waals surface area (Å²) in [4.78, 5) is 4.77. The molecule has 2 aliphatic rings. The van der Waals surface area contributed by atoms with E-state index in [9.17, 15) is 0 Å². The molecule has 1 saturated carbocycles. The van der Waals surface area contributed by atoms with Crippen LogP contribution in [-0.2, 0) is 10.3 Å². The Morgan fingerprint density at radius 1 is 1.38 bits per heavy atom. The number of fused-ring (bicyclic) bond motifs is 1. The molecule has 2 N–H and O–H groups in total. The maximum absolute atomic E-state index is 6.13. The van der Waals surface area contributed by atoms with Crippen molar-refractivity contribution < 1.29 is 14.3 Å². The summed E-state index contributed by atoms with van der Waals surface area (Å²) >= 11 is 6.13. The summed E-state index contributed by atoms with van der Waals surface area (Å²) in [7, 11) is 0. The molecule has 0 atom stereocenters. The number of benzene rings is 1. The van der Waals surface area contributed by atoms with E-state index in [0.717, 1.165) is 18.4 Å². The first-order valence-corrected chi connectivity index (χ1v) is 5.54. The van der Waals surface area contributed by atoms with Gasteiger partial charge in [0, 0.05) is 5.41 Å². The second-order valence-electron chi connectivity index (χ2n) is 4.28. The van der Waals surface area contributed by atoms with E-state index in [4.69, 9.17) is 31.8 Å². The van der Waals surface area contributed by atoms with Crippen LogP contribution in [0.2, 0.25) is 5.02 Å². The van der Waals surface area contributed by atoms with Gasteiger partial charge in [0.2, 0.25) is 6.79 Å². The Morgan fingerprint density at radius 2 is 2.19 bits per heavy atom. The third kappa shape index (κ3) is 1.45. The van der Waals surface area contributed by atoms with Crippen molar-refractivity contribution in [1.29, 1.82) is 0 Å². The van der Waals surface area contributed by atoms with Crippen LogP contribution in [0.3, 0.4) is 0 Å². The minimum Gasteiger partial charge on any atom is -0.454 e. The molecule has 0 radical (unpaired) electrons. The van der Waals surface area contributed by atoms with Crippen molar-refractivity contribution in [2.24, 2.45) is 5.90 Å². The molecule has 1 aromatic carbocycles. The van der Waals surface area contributed by atoms with Gasteiger partial charge >= 0.3 is 0 Å². The molecule has 16 heavy (non-hydrogen) atoms. The highest BCUT2D eigenvalue weighted by Gasteiger charge is 2.45. The van der Waals surface area contributed by atoms with Gasteiger partial charge in [-0.3, -0.25) is 0 Å². The molecule has 1 aliphatic carbocycles. The maximum atomic E-state index is 6.13. The van der Waals surface area contributed by atoms with Gasteiger partial charge < -0.3 is 14.3 Å². The van der Waals surface area contributed by atoms with Crippen LogP contribution in [0, 0.1) is 0 Å². The van der Waals surface area contributed by atoms with E-state index >= 15 is 0 Å². The zero-order valence-electron chi connectivity index (χ0n) is 8.66. The maximum Gasteiger partial charge on any atom is 0.231 e. The van der Waals surface area contributed by atoms with E-state index in [1.165, 1.54) is 0 Å². The molecule has 0 saturated heterocycles. The Kier molecular flexibility index (Phi) is 2.24. The Balaban J connectivity index is 2.00. The first-order chi connectivity index (χ1) is 7.75. The van der Waals surface area contributed by atoms with Gasteiger partial charge in [0.1, 0.15) is 0 Å². The average Bonchev–Trinajstić information content (AvgIpc) is 2.89. The summed E-state index contributed by atoms with van der Waals surface area (Å²) in [6, 6.07) is 3.89. The van der Waals surface area contributed by atoms with Crippen molar-refractivity contribution in [3.8, 4) is 11.5 Å². The summed E-state index contributed by atoms with van der Waals surface area (Å²) < 4.78 is 10.6. The lowest BCUT2D eigenvalue weighted by atomic mass is 9.96. The molecule has 1 aromatic rings. The molecular weight excluding hydrogens is 230 g/mol. The summed E-state index contributed by atoms with van der Waals surface area (Å²) in [6.45, 7) is 0.752. The van der Waals surface area contributed by atoms with Gasteiger partial charge in [0.05, 0.1) is 11.6 Å². The Bertz CT molecular complexity index is 431. The van der Waals surface area contributed by atoms with Crippen LogP contribution in [0.25, 0.3) is 0 Å². The van der Waals surface area contributed by atoms with Crippen LogP contribution in [0.4, 0.5) is 0 Å². The Hall–Kier alpha value is -0.970. The first-order valence-electron chi connectivity index (χ1n) is 5.16. The topological polar surface area (TPSA) is 53.7 Å². The number of hydrogen-bond acceptors (Lipinski definition) is 4. The fraction of sp³-hybridized carbons (Fsp3) is 0.455. The lowest BCUT2D eigenvalue weighted by Gasteiger charge is -2.15. The first kappa shape index (κ1) is 10.2. The van der Waals surface area contributed by atoms with Gasteiger partial charge in [0.15, 0.2) is 11.5 Å². The van der Waals surface area contributed by atoms with Crippen molar-refractivity contribution in [1.82, 2.24) is 0 Å². The number of nitrogens with two attached hydrogens (primary N) is 1. The molecule has 0 spiro atoms. The highest BCUT2D eigenvalue weighted by Crippen LogP contribution is 2.52. The largest absolute Gasteiger partial charge is 0.454 e. The molecular formula is C11H12ClNO3. The number of hydrogen-bond donors (Lipinski definition) is 1. The van der Waals surface area contributed by atoms with Crippen LogP contribution in [0.5, 0.6) is 11.5 Å². The highest BCUT2D eigenvalue weighted by molar-refractivity contribution is 6.32. The highest BCUT2D eigenvalue weighted by atomic mass is 35.5. The average molecular weight is 242 g/mol. The standard InChI is InChI=1S/C11H12ClNO3/c12-8-3-7(11(1-2-11)5-16-13)4-9-10(8)15-6-14-9/h3-4H,1-2,5-6,13H2. The van der Waals surface area contributed by atoms with Crippen molar-refractivity contribution in [2.45, 2.75) is 18.3 Å². The third-order valence-electron chi connectivity index (χ3n) is 3.25. The quantitative estimate of drug-likeness (QED) is 0.823. The zero-order chi connectivity index (χ0) is 11.2. The van der Waals surface area contributed by atoms with Gasteiger partial charge in [-0.05, 0) is 30.5 Å². The van der Waals surface area contributed by atoms with Crippen molar-refractivity contribution in [3.63, 3.8) is 0 Å². The lowest BCUT2D eigenvalue weighted by molar-refractivity contribution is 0.116. The Labute approximate surface area is 98.2 Å². The Morgan fingerprint density at radius 3 is 2.88 bits per heavy atom. The van der Waals surface area contributed by atoms with Crippen molar-refractivity contribution >= 4 is 11.6 Å². The molecule has 3 rings (SSSR count). The van der Waals surface area contributed by atoms with Crippen LogP contribution < -0.4 is 15.4 Å². The minimum absolute atomic E-state index is 0.0272. The molecule has 86 valence electrons. The van der Waals surface area contributed by atoms with Gasteiger partial charge in [0.25, 0.3) is 0 Å². The van der Waals surface area contributed by atoms with Crippen LogP contribution >= 0.6 is 11.6 Å². The van der Waals surface area contributed by atoms with E-state index in [-0.39, 0.29) is 12.2 Å². The van der Waals surface area contributed by atoms with E-state index in [1.807, 2.05) is 12.1 Å². The van der Waals surface area contributed by atoms with E-state index < -0.39 is 0 Å². The molecule has 1 fully saturated rings. The predicted molar refractivity (Wildman–Crippen MR) is 58.6 cm³/mol. The zero-order valence-corrected chi connectivity index (χ0v) is 9.42. The fourth-order valence-electron chi connectivity index (χ4n) is 2.10. The molecule has 1 heterocycles. The van der Waals surface area contributed by atoms with E-state index in [2.05, 4.69) is 0 Å². The predicted octanol–water partition coefficient (Wildman–Crippen LogP) is 1.99. The number of rotatable bonds is 3. The molecule has 5 heteroatoms. The van der Waals surface area contributed by atoms with Crippen molar-refractivity contribution in [3.05, 3.63) is 22.7 Å².